The minimum Gasteiger partial charge on any atom is -0.492 e. The summed E-state index contributed by atoms with van der Waals surface area (Å²) in [4.78, 5) is 15.0. The van der Waals surface area contributed by atoms with Gasteiger partial charge in [-0.15, -0.1) is 10.2 Å². The predicted molar refractivity (Wildman–Crippen MR) is 135 cm³/mol. The Bertz CT molecular complexity index is 1200. The van der Waals surface area contributed by atoms with Gasteiger partial charge >= 0.3 is 12.1 Å². The minimum absolute atomic E-state index is 0.00456. The molecule has 0 bridgehead atoms. The van der Waals surface area contributed by atoms with Crippen molar-refractivity contribution in [3.63, 3.8) is 0 Å². The molecule has 2 aromatic heterocycles. The molecular weight excluding hydrogens is 505 g/mol. The van der Waals surface area contributed by atoms with Crippen molar-refractivity contribution in [2.45, 2.75) is 52.4 Å². The van der Waals surface area contributed by atoms with E-state index >= 15 is 0 Å². The van der Waals surface area contributed by atoms with Crippen LogP contribution in [0.25, 0.3) is 22.8 Å². The van der Waals surface area contributed by atoms with Crippen molar-refractivity contribution in [1.29, 1.82) is 0 Å². The summed E-state index contributed by atoms with van der Waals surface area (Å²) >= 11 is 0. The highest BCUT2D eigenvalue weighted by Gasteiger charge is 2.35. The van der Waals surface area contributed by atoms with Gasteiger partial charge in [-0.05, 0) is 56.3 Å². The molecule has 0 atom stereocenters. The SMILES string of the molecule is CC(C)(COc1ccc(-c2ccc(-c3nc(C(F)(F)F)cn3COCC[Si](C)(C)C)nn2)cc1)C(=O)O. The van der Waals surface area contributed by atoms with Gasteiger partial charge in [-0.1, -0.05) is 19.6 Å². The second-order valence-corrected chi connectivity index (χ2v) is 16.2. The zero-order chi connectivity index (χ0) is 27.4. The molecule has 0 aliphatic rings. The first-order chi connectivity index (χ1) is 17.2. The minimum atomic E-state index is -4.60. The van der Waals surface area contributed by atoms with Gasteiger partial charge in [0, 0.05) is 26.4 Å². The predicted octanol–water partition coefficient (Wildman–Crippen LogP) is 5.83. The van der Waals surface area contributed by atoms with E-state index in [2.05, 4.69) is 34.8 Å². The fraction of sp³-hybridized carbons (Fsp3) is 0.440. The van der Waals surface area contributed by atoms with Crippen molar-refractivity contribution < 1.29 is 32.5 Å². The van der Waals surface area contributed by atoms with E-state index in [9.17, 15) is 23.1 Å². The van der Waals surface area contributed by atoms with Crippen LogP contribution in [-0.2, 0) is 22.4 Å². The van der Waals surface area contributed by atoms with E-state index in [1.165, 1.54) is 4.57 Å². The van der Waals surface area contributed by atoms with Crippen LogP contribution in [-0.4, -0.2) is 52.1 Å². The smallest absolute Gasteiger partial charge is 0.434 e. The summed E-state index contributed by atoms with van der Waals surface area (Å²) in [6.07, 6.45) is -3.68. The summed E-state index contributed by atoms with van der Waals surface area (Å²) in [6.45, 7) is 10.1. The number of halogens is 3. The Morgan fingerprint density at radius 3 is 2.19 bits per heavy atom. The zero-order valence-corrected chi connectivity index (χ0v) is 22.5. The quantitative estimate of drug-likeness (QED) is 0.243. The Balaban J connectivity index is 1.75. The first kappa shape index (κ1) is 28.3. The fourth-order valence-corrected chi connectivity index (χ4v) is 3.81. The number of nitrogens with zero attached hydrogens (tertiary/aromatic N) is 4. The largest absolute Gasteiger partial charge is 0.492 e. The lowest BCUT2D eigenvalue weighted by Gasteiger charge is -2.19. The van der Waals surface area contributed by atoms with E-state index in [0.29, 0.717) is 23.6 Å². The van der Waals surface area contributed by atoms with E-state index < -0.39 is 31.3 Å². The highest BCUT2D eigenvalue weighted by Crippen LogP contribution is 2.31. The Kier molecular flexibility index (Phi) is 8.43. The second-order valence-electron chi connectivity index (χ2n) is 10.6. The third-order valence-corrected chi connectivity index (χ3v) is 7.22. The summed E-state index contributed by atoms with van der Waals surface area (Å²) in [7, 11) is -1.34. The van der Waals surface area contributed by atoms with Crippen molar-refractivity contribution in [3.05, 3.63) is 48.3 Å². The number of aliphatic carboxylic acids is 1. The highest BCUT2D eigenvalue weighted by atomic mass is 28.3. The Morgan fingerprint density at radius 2 is 1.65 bits per heavy atom. The van der Waals surface area contributed by atoms with E-state index in [1.54, 1.807) is 50.2 Å². The maximum Gasteiger partial charge on any atom is 0.434 e. The molecule has 2 heterocycles. The molecule has 0 saturated carbocycles. The first-order valence-corrected chi connectivity index (χ1v) is 15.4. The lowest BCUT2D eigenvalue weighted by atomic mass is 9.95. The van der Waals surface area contributed by atoms with Gasteiger partial charge < -0.3 is 19.1 Å². The van der Waals surface area contributed by atoms with Gasteiger partial charge in [-0.25, -0.2) is 4.98 Å². The van der Waals surface area contributed by atoms with Gasteiger partial charge in [0.1, 0.15) is 24.8 Å². The molecule has 3 aromatic rings. The monoisotopic (exact) mass is 536 g/mol. The molecule has 0 amide bonds. The molecule has 1 aromatic carbocycles. The molecule has 0 aliphatic carbocycles. The van der Waals surface area contributed by atoms with Crippen LogP contribution in [0.1, 0.15) is 19.5 Å². The third kappa shape index (κ3) is 7.86. The van der Waals surface area contributed by atoms with Gasteiger partial charge in [0.25, 0.3) is 0 Å². The van der Waals surface area contributed by atoms with Crippen LogP contribution >= 0.6 is 0 Å². The third-order valence-electron chi connectivity index (χ3n) is 5.52. The number of carboxylic acid groups (broad SMARTS) is 1. The van der Waals surface area contributed by atoms with Crippen LogP contribution in [0.15, 0.2) is 42.6 Å². The van der Waals surface area contributed by atoms with E-state index in [0.717, 1.165) is 12.2 Å². The van der Waals surface area contributed by atoms with Gasteiger partial charge in [-0.2, -0.15) is 13.2 Å². The number of rotatable bonds is 11. The average Bonchev–Trinajstić information content (AvgIpc) is 3.25. The van der Waals surface area contributed by atoms with Crippen LogP contribution in [0.5, 0.6) is 5.75 Å². The lowest BCUT2D eigenvalue weighted by Crippen LogP contribution is -2.30. The summed E-state index contributed by atoms with van der Waals surface area (Å²) in [5, 5.41) is 17.5. The van der Waals surface area contributed by atoms with Crippen LogP contribution in [0.4, 0.5) is 13.2 Å². The molecule has 0 unspecified atom stereocenters. The number of alkyl halides is 3. The molecular formula is C25H31F3N4O4Si. The fourth-order valence-electron chi connectivity index (χ4n) is 3.05. The van der Waals surface area contributed by atoms with E-state index in [1.807, 2.05) is 0 Å². The number of aromatic nitrogens is 4. The van der Waals surface area contributed by atoms with Crippen molar-refractivity contribution in [2.75, 3.05) is 13.2 Å². The molecule has 0 aliphatic heterocycles. The molecule has 1 N–H and O–H groups in total. The summed E-state index contributed by atoms with van der Waals surface area (Å²) in [6, 6.07) is 10.9. The maximum atomic E-state index is 13.3. The number of carboxylic acids is 1. The summed E-state index contributed by atoms with van der Waals surface area (Å²) in [5.41, 5.74) is -0.663. The number of benzene rings is 1. The standard InChI is InChI=1S/C25H31F3N4O4Si/c1-24(2,23(33)34)15-36-18-8-6-17(7-9-18)19-10-11-20(31-30-19)22-29-21(25(26,27)28)14-32(22)16-35-12-13-37(3,4)5/h6-11,14H,12-13,15-16H2,1-5H3,(H,33,34). The van der Waals surface area contributed by atoms with Crippen molar-refractivity contribution in [2.24, 2.45) is 5.41 Å². The zero-order valence-electron chi connectivity index (χ0n) is 21.5. The Labute approximate surface area is 214 Å². The van der Waals surface area contributed by atoms with Crippen LogP contribution in [0.2, 0.25) is 25.7 Å². The number of hydrogen-bond donors (Lipinski definition) is 1. The van der Waals surface area contributed by atoms with Gasteiger partial charge in [0.2, 0.25) is 0 Å². The van der Waals surface area contributed by atoms with Gasteiger partial charge in [0.05, 0.1) is 11.1 Å². The van der Waals surface area contributed by atoms with Crippen LogP contribution in [0.3, 0.4) is 0 Å². The van der Waals surface area contributed by atoms with E-state index in [4.69, 9.17) is 9.47 Å². The molecule has 200 valence electrons. The number of carbonyl (C=O) groups is 1. The molecule has 0 radical (unpaired) electrons. The second kappa shape index (κ2) is 11.0. The summed E-state index contributed by atoms with van der Waals surface area (Å²) in [5.74, 6) is -0.441. The molecule has 0 saturated heterocycles. The first-order valence-electron chi connectivity index (χ1n) is 11.7. The number of ether oxygens (including phenoxy) is 2. The van der Waals surface area contributed by atoms with E-state index in [-0.39, 0.29) is 24.9 Å². The molecule has 12 heteroatoms. The summed E-state index contributed by atoms with van der Waals surface area (Å²) < 4.78 is 52.5. The van der Waals surface area contributed by atoms with Crippen LogP contribution in [0, 0.1) is 5.41 Å². The normalized spacial score (nSPS) is 12.5. The molecule has 0 spiro atoms. The van der Waals surface area contributed by atoms with Crippen molar-refractivity contribution >= 4 is 14.0 Å². The molecule has 3 rings (SSSR count). The van der Waals surface area contributed by atoms with Crippen molar-refractivity contribution in [1.82, 2.24) is 19.7 Å². The van der Waals surface area contributed by atoms with Crippen LogP contribution < -0.4 is 4.74 Å². The number of imidazole rings is 1. The van der Waals surface area contributed by atoms with Crippen molar-refractivity contribution in [3.8, 4) is 28.5 Å². The molecule has 37 heavy (non-hydrogen) atoms. The number of hydrogen-bond acceptors (Lipinski definition) is 6. The molecule has 0 fully saturated rings. The Morgan fingerprint density at radius 1 is 1.03 bits per heavy atom. The lowest BCUT2D eigenvalue weighted by molar-refractivity contribution is -0.148. The maximum absolute atomic E-state index is 13.3. The average molecular weight is 537 g/mol. The van der Waals surface area contributed by atoms with Gasteiger partial charge in [-0.3, -0.25) is 4.79 Å². The van der Waals surface area contributed by atoms with Gasteiger partial charge in [0.15, 0.2) is 11.5 Å². The molecule has 8 nitrogen and oxygen atoms in total. The highest BCUT2D eigenvalue weighted by molar-refractivity contribution is 6.76. The topological polar surface area (TPSA) is 99.4 Å². The Hall–Kier alpha value is -3.25.